The van der Waals surface area contributed by atoms with Crippen LogP contribution in [0.15, 0.2) is 35.9 Å². The van der Waals surface area contributed by atoms with Gasteiger partial charge < -0.3 is 0 Å². The Morgan fingerprint density at radius 3 is 2.50 bits per heavy atom. The predicted molar refractivity (Wildman–Crippen MR) is 64.0 cm³/mol. The van der Waals surface area contributed by atoms with Gasteiger partial charge in [0.15, 0.2) is 0 Å². The van der Waals surface area contributed by atoms with Crippen molar-refractivity contribution >= 4 is 11.6 Å². The lowest BCUT2D eigenvalue weighted by Gasteiger charge is -2.02. The lowest BCUT2D eigenvalue weighted by molar-refractivity contribution is 1.09. The molecule has 0 N–H and O–H groups in total. The molecule has 1 aromatic carbocycles. The molecule has 0 aliphatic heterocycles. The van der Waals surface area contributed by atoms with Crippen LogP contribution in [-0.2, 0) is 6.42 Å². The molecular formula is C13H17Cl. The van der Waals surface area contributed by atoms with Gasteiger partial charge in [-0.05, 0) is 32.3 Å². The molecule has 0 heterocycles. The summed E-state index contributed by atoms with van der Waals surface area (Å²) in [4.78, 5) is 0. The standard InChI is InChI=1S/C13H17Cl/c1-11-5-7-13(8-6-11)10-12(2)4-3-9-14/h4-8H,3,9-10H2,1-2H3. The molecule has 1 rings (SSSR count). The lowest BCUT2D eigenvalue weighted by Crippen LogP contribution is -1.87. The number of hydrogen-bond donors (Lipinski definition) is 0. The molecule has 1 aromatic rings. The fraction of sp³-hybridized carbons (Fsp3) is 0.385. The number of rotatable bonds is 4. The van der Waals surface area contributed by atoms with Crippen LogP contribution in [0.1, 0.15) is 24.5 Å². The Balaban J connectivity index is 2.56. The van der Waals surface area contributed by atoms with E-state index in [9.17, 15) is 0 Å². The molecule has 0 saturated carbocycles. The fourth-order valence-corrected chi connectivity index (χ4v) is 1.51. The van der Waals surface area contributed by atoms with E-state index in [-0.39, 0.29) is 0 Å². The first-order chi connectivity index (χ1) is 6.72. The molecule has 0 saturated heterocycles. The first kappa shape index (κ1) is 11.3. The lowest BCUT2D eigenvalue weighted by atomic mass is 10.0. The zero-order chi connectivity index (χ0) is 10.4. The number of alkyl halides is 1. The van der Waals surface area contributed by atoms with Gasteiger partial charge in [-0.1, -0.05) is 41.5 Å². The first-order valence-electron chi connectivity index (χ1n) is 4.99. The molecule has 0 unspecified atom stereocenters. The highest BCUT2D eigenvalue weighted by atomic mass is 35.5. The van der Waals surface area contributed by atoms with Gasteiger partial charge in [0.25, 0.3) is 0 Å². The molecule has 0 bridgehead atoms. The molecule has 0 atom stereocenters. The van der Waals surface area contributed by atoms with Gasteiger partial charge in [-0.15, -0.1) is 11.6 Å². The van der Waals surface area contributed by atoms with E-state index in [0.29, 0.717) is 5.88 Å². The number of benzene rings is 1. The summed E-state index contributed by atoms with van der Waals surface area (Å²) in [5, 5.41) is 0. The minimum absolute atomic E-state index is 0.714. The SMILES string of the molecule is CC(=CCCCl)Cc1ccc(C)cc1. The predicted octanol–water partition coefficient (Wildman–Crippen LogP) is 4.11. The highest BCUT2D eigenvalue weighted by molar-refractivity contribution is 6.17. The van der Waals surface area contributed by atoms with Crippen LogP contribution < -0.4 is 0 Å². The topological polar surface area (TPSA) is 0 Å². The molecule has 1 heteroatoms. The van der Waals surface area contributed by atoms with Crippen molar-refractivity contribution in [2.24, 2.45) is 0 Å². The van der Waals surface area contributed by atoms with E-state index >= 15 is 0 Å². The van der Waals surface area contributed by atoms with Crippen molar-refractivity contribution in [3.63, 3.8) is 0 Å². The van der Waals surface area contributed by atoms with Gasteiger partial charge in [-0.3, -0.25) is 0 Å². The third-order valence-electron chi connectivity index (χ3n) is 2.21. The van der Waals surface area contributed by atoms with Crippen LogP contribution in [0.5, 0.6) is 0 Å². The van der Waals surface area contributed by atoms with Crippen molar-refractivity contribution in [2.45, 2.75) is 26.7 Å². The van der Waals surface area contributed by atoms with Crippen molar-refractivity contribution in [3.05, 3.63) is 47.0 Å². The third kappa shape index (κ3) is 3.97. The van der Waals surface area contributed by atoms with E-state index in [1.807, 2.05) is 0 Å². The van der Waals surface area contributed by atoms with Crippen molar-refractivity contribution in [1.29, 1.82) is 0 Å². The first-order valence-corrected chi connectivity index (χ1v) is 5.53. The largest absolute Gasteiger partial charge is 0.126 e. The summed E-state index contributed by atoms with van der Waals surface area (Å²) >= 11 is 5.62. The maximum Gasteiger partial charge on any atom is 0.0258 e. The summed E-state index contributed by atoms with van der Waals surface area (Å²) in [5.41, 5.74) is 4.09. The second-order valence-electron chi connectivity index (χ2n) is 3.69. The number of aryl methyl sites for hydroxylation is 1. The molecule has 0 fully saturated rings. The van der Waals surface area contributed by atoms with E-state index in [0.717, 1.165) is 12.8 Å². The Labute approximate surface area is 91.6 Å². The zero-order valence-corrected chi connectivity index (χ0v) is 9.64. The Bertz CT molecular complexity index is 296. The van der Waals surface area contributed by atoms with E-state index in [2.05, 4.69) is 44.2 Å². The van der Waals surface area contributed by atoms with Crippen molar-refractivity contribution in [1.82, 2.24) is 0 Å². The molecule has 76 valence electrons. The van der Waals surface area contributed by atoms with Gasteiger partial charge in [-0.25, -0.2) is 0 Å². The van der Waals surface area contributed by atoms with Crippen LogP contribution in [0.2, 0.25) is 0 Å². The van der Waals surface area contributed by atoms with Crippen LogP contribution in [-0.4, -0.2) is 5.88 Å². The molecular weight excluding hydrogens is 192 g/mol. The van der Waals surface area contributed by atoms with E-state index in [1.54, 1.807) is 0 Å². The van der Waals surface area contributed by atoms with Crippen LogP contribution in [0.3, 0.4) is 0 Å². The Morgan fingerprint density at radius 2 is 1.93 bits per heavy atom. The number of allylic oxidation sites excluding steroid dienone is 2. The fourth-order valence-electron chi connectivity index (χ4n) is 1.40. The molecule has 0 aromatic heterocycles. The highest BCUT2D eigenvalue weighted by Crippen LogP contribution is 2.09. The van der Waals surface area contributed by atoms with Crippen LogP contribution in [0, 0.1) is 6.92 Å². The summed E-state index contributed by atoms with van der Waals surface area (Å²) in [6.07, 6.45) is 4.23. The van der Waals surface area contributed by atoms with Gasteiger partial charge >= 0.3 is 0 Å². The zero-order valence-electron chi connectivity index (χ0n) is 8.89. The maximum atomic E-state index is 5.62. The van der Waals surface area contributed by atoms with Crippen LogP contribution >= 0.6 is 11.6 Å². The highest BCUT2D eigenvalue weighted by Gasteiger charge is 1.94. The molecule has 14 heavy (non-hydrogen) atoms. The summed E-state index contributed by atoms with van der Waals surface area (Å²) in [6.45, 7) is 4.27. The van der Waals surface area contributed by atoms with E-state index in [4.69, 9.17) is 11.6 Å². The molecule has 0 amide bonds. The molecule has 0 aliphatic rings. The average Bonchev–Trinajstić information content (AvgIpc) is 2.18. The van der Waals surface area contributed by atoms with Gasteiger partial charge in [0.1, 0.15) is 0 Å². The Morgan fingerprint density at radius 1 is 1.29 bits per heavy atom. The smallest absolute Gasteiger partial charge is 0.0258 e. The third-order valence-corrected chi connectivity index (χ3v) is 2.42. The summed E-state index contributed by atoms with van der Waals surface area (Å²) < 4.78 is 0. The quantitative estimate of drug-likeness (QED) is 0.516. The Kier molecular flexibility index (Phi) is 4.75. The summed E-state index contributed by atoms with van der Waals surface area (Å²) in [5.74, 6) is 0.714. The van der Waals surface area contributed by atoms with E-state index in [1.165, 1.54) is 16.7 Å². The Hall–Kier alpha value is -0.750. The molecule has 0 spiro atoms. The monoisotopic (exact) mass is 208 g/mol. The second-order valence-corrected chi connectivity index (χ2v) is 4.07. The van der Waals surface area contributed by atoms with Gasteiger partial charge in [0.2, 0.25) is 0 Å². The molecule has 0 nitrogen and oxygen atoms in total. The second kappa shape index (κ2) is 5.87. The average molecular weight is 209 g/mol. The van der Waals surface area contributed by atoms with Crippen molar-refractivity contribution in [3.8, 4) is 0 Å². The van der Waals surface area contributed by atoms with Crippen molar-refractivity contribution in [2.75, 3.05) is 5.88 Å². The summed E-state index contributed by atoms with van der Waals surface area (Å²) in [7, 11) is 0. The summed E-state index contributed by atoms with van der Waals surface area (Å²) in [6, 6.07) is 8.69. The van der Waals surface area contributed by atoms with Crippen LogP contribution in [0.4, 0.5) is 0 Å². The maximum absolute atomic E-state index is 5.62. The van der Waals surface area contributed by atoms with Crippen molar-refractivity contribution < 1.29 is 0 Å². The molecule has 0 aliphatic carbocycles. The molecule has 0 radical (unpaired) electrons. The number of halogens is 1. The normalized spacial score (nSPS) is 11.8. The minimum Gasteiger partial charge on any atom is -0.126 e. The van der Waals surface area contributed by atoms with Crippen LogP contribution in [0.25, 0.3) is 0 Å². The number of hydrogen-bond acceptors (Lipinski definition) is 0. The van der Waals surface area contributed by atoms with Gasteiger partial charge in [0, 0.05) is 5.88 Å². The van der Waals surface area contributed by atoms with E-state index < -0.39 is 0 Å². The minimum atomic E-state index is 0.714. The van der Waals surface area contributed by atoms with Gasteiger partial charge in [-0.2, -0.15) is 0 Å². The van der Waals surface area contributed by atoms with Gasteiger partial charge in [0.05, 0.1) is 0 Å².